The fourth-order valence-electron chi connectivity index (χ4n) is 2.85. The van der Waals surface area contributed by atoms with Crippen LogP contribution in [-0.2, 0) is 0 Å². The molecule has 1 fully saturated rings. The van der Waals surface area contributed by atoms with Crippen LogP contribution in [0.3, 0.4) is 0 Å². The predicted octanol–water partition coefficient (Wildman–Crippen LogP) is 1.84. The molecule has 1 unspecified atom stereocenters. The van der Waals surface area contributed by atoms with Gasteiger partial charge in [-0.1, -0.05) is 13.3 Å². The van der Waals surface area contributed by atoms with E-state index in [4.69, 9.17) is 4.74 Å². The van der Waals surface area contributed by atoms with Crippen molar-refractivity contribution in [3.05, 3.63) is 18.1 Å². The van der Waals surface area contributed by atoms with Gasteiger partial charge in [-0.15, -0.1) is 0 Å². The predicted molar refractivity (Wildman–Crippen MR) is 72.4 cm³/mol. The summed E-state index contributed by atoms with van der Waals surface area (Å²) in [7, 11) is 1.52. The van der Waals surface area contributed by atoms with Crippen molar-refractivity contribution in [2.24, 2.45) is 5.41 Å². The van der Waals surface area contributed by atoms with Crippen molar-refractivity contribution in [2.75, 3.05) is 20.2 Å². The number of piperidine rings is 1. The van der Waals surface area contributed by atoms with Crippen LogP contribution in [0.4, 0.5) is 0 Å². The van der Waals surface area contributed by atoms with Gasteiger partial charge in [0.05, 0.1) is 7.11 Å². The average molecular weight is 263 g/mol. The molecule has 1 atom stereocenters. The van der Waals surface area contributed by atoms with E-state index in [9.17, 15) is 4.79 Å². The maximum Gasteiger partial charge on any atom is 0.243 e. The molecule has 0 saturated carbocycles. The van der Waals surface area contributed by atoms with Gasteiger partial charge in [-0.05, 0) is 25.8 Å². The Morgan fingerprint density at radius 2 is 2.26 bits per heavy atom. The number of methoxy groups -OCH3 is 1. The number of ketones is 1. The molecule has 1 aliphatic rings. The number of aromatic nitrogens is 2. The van der Waals surface area contributed by atoms with Gasteiger partial charge in [0.1, 0.15) is 0 Å². The summed E-state index contributed by atoms with van der Waals surface area (Å²) in [5.41, 5.74) is 0.0122. The van der Waals surface area contributed by atoms with E-state index in [0.29, 0.717) is 11.6 Å². The molecule has 0 radical (unpaired) electrons. The third kappa shape index (κ3) is 2.76. The lowest BCUT2D eigenvalue weighted by atomic mass is 9.72. The van der Waals surface area contributed by atoms with Gasteiger partial charge in [0, 0.05) is 24.4 Å². The summed E-state index contributed by atoms with van der Waals surface area (Å²) < 4.78 is 5.17. The molecule has 1 aromatic heterocycles. The van der Waals surface area contributed by atoms with Crippen molar-refractivity contribution in [3.8, 4) is 5.88 Å². The fraction of sp³-hybridized carbons (Fsp3) is 0.643. The molecule has 19 heavy (non-hydrogen) atoms. The first kappa shape index (κ1) is 13.9. The van der Waals surface area contributed by atoms with Crippen LogP contribution < -0.4 is 10.1 Å². The van der Waals surface area contributed by atoms with Crippen molar-refractivity contribution in [1.82, 2.24) is 15.3 Å². The molecule has 1 aliphatic heterocycles. The number of carbonyl (C=O) groups excluding carboxylic acids is 1. The van der Waals surface area contributed by atoms with Crippen molar-refractivity contribution < 1.29 is 9.53 Å². The minimum absolute atomic E-state index is 0.0616. The summed E-state index contributed by atoms with van der Waals surface area (Å²) in [6.07, 6.45) is 6.88. The zero-order valence-corrected chi connectivity index (χ0v) is 11.6. The number of Topliss-reactive ketones (excluding diaryl/α,β-unsaturated/α-hetero) is 1. The Labute approximate surface area is 113 Å². The quantitative estimate of drug-likeness (QED) is 0.821. The van der Waals surface area contributed by atoms with Gasteiger partial charge in [0.25, 0.3) is 0 Å². The Morgan fingerprint density at radius 1 is 1.47 bits per heavy atom. The van der Waals surface area contributed by atoms with Gasteiger partial charge in [-0.3, -0.25) is 4.79 Å². The third-order valence-electron chi connectivity index (χ3n) is 3.76. The summed E-state index contributed by atoms with van der Waals surface area (Å²) in [4.78, 5) is 21.1. The first-order valence-corrected chi connectivity index (χ1v) is 6.84. The van der Waals surface area contributed by atoms with Crippen molar-refractivity contribution >= 4 is 5.78 Å². The molecule has 1 N–H and O–H groups in total. The molecule has 1 aromatic rings. The largest absolute Gasteiger partial charge is 0.479 e. The number of ether oxygens (including phenoxy) is 1. The van der Waals surface area contributed by atoms with E-state index >= 15 is 0 Å². The monoisotopic (exact) mass is 263 g/mol. The minimum atomic E-state index is -0.351. The van der Waals surface area contributed by atoms with Crippen LogP contribution in [-0.4, -0.2) is 36.0 Å². The maximum atomic E-state index is 12.9. The molecule has 2 rings (SSSR count). The highest BCUT2D eigenvalue weighted by molar-refractivity contribution is 6.00. The van der Waals surface area contributed by atoms with Gasteiger partial charge in [-0.2, -0.15) is 0 Å². The lowest BCUT2D eigenvalue weighted by molar-refractivity contribution is 0.0707. The standard InChI is InChI=1S/C14H21N3O2/c1-3-5-14(6-4-7-15-10-14)12(18)11-13(19-2)17-9-8-16-11/h8-9,15H,3-7,10H2,1-2H3. The minimum Gasteiger partial charge on any atom is -0.479 e. The van der Waals surface area contributed by atoms with E-state index in [1.54, 1.807) is 12.4 Å². The SMILES string of the molecule is CCCC1(C(=O)c2nccnc2OC)CCCNC1. The molecule has 104 valence electrons. The van der Waals surface area contributed by atoms with Crippen molar-refractivity contribution in [1.29, 1.82) is 0 Å². The van der Waals surface area contributed by atoms with E-state index in [0.717, 1.165) is 38.8 Å². The molecular weight excluding hydrogens is 242 g/mol. The van der Waals surface area contributed by atoms with Crippen LogP contribution >= 0.6 is 0 Å². The molecule has 0 spiro atoms. The highest BCUT2D eigenvalue weighted by atomic mass is 16.5. The topological polar surface area (TPSA) is 64.1 Å². The normalized spacial score (nSPS) is 23.1. The molecule has 5 heteroatoms. The Bertz CT molecular complexity index is 437. The Hall–Kier alpha value is -1.49. The second-order valence-electron chi connectivity index (χ2n) is 5.05. The number of nitrogens with zero attached hydrogens (tertiary/aromatic N) is 2. The molecule has 2 heterocycles. The van der Waals surface area contributed by atoms with E-state index < -0.39 is 0 Å². The van der Waals surface area contributed by atoms with E-state index in [-0.39, 0.29) is 11.2 Å². The van der Waals surface area contributed by atoms with Gasteiger partial charge in [-0.25, -0.2) is 9.97 Å². The fourth-order valence-corrected chi connectivity index (χ4v) is 2.85. The third-order valence-corrected chi connectivity index (χ3v) is 3.76. The second-order valence-corrected chi connectivity index (χ2v) is 5.05. The molecule has 0 amide bonds. The van der Waals surface area contributed by atoms with Gasteiger partial charge in [0.2, 0.25) is 5.88 Å². The van der Waals surface area contributed by atoms with Gasteiger partial charge >= 0.3 is 0 Å². The van der Waals surface area contributed by atoms with Crippen LogP contribution in [0, 0.1) is 5.41 Å². The summed E-state index contributed by atoms with van der Waals surface area (Å²) in [6.45, 7) is 3.81. The zero-order chi connectivity index (χ0) is 13.7. The van der Waals surface area contributed by atoms with E-state index in [2.05, 4.69) is 22.2 Å². The summed E-state index contributed by atoms with van der Waals surface area (Å²) in [5, 5.41) is 3.34. The lowest BCUT2D eigenvalue weighted by Gasteiger charge is -2.36. The number of hydrogen-bond donors (Lipinski definition) is 1. The highest BCUT2D eigenvalue weighted by Crippen LogP contribution is 2.36. The van der Waals surface area contributed by atoms with E-state index in [1.807, 2.05) is 0 Å². The number of hydrogen-bond acceptors (Lipinski definition) is 5. The lowest BCUT2D eigenvalue weighted by Crippen LogP contribution is -2.45. The Morgan fingerprint density at radius 3 is 2.89 bits per heavy atom. The number of nitrogens with one attached hydrogen (secondary N) is 1. The van der Waals surface area contributed by atoms with Crippen LogP contribution in [0.5, 0.6) is 5.88 Å². The van der Waals surface area contributed by atoms with Gasteiger partial charge in [0.15, 0.2) is 11.5 Å². The molecule has 0 aromatic carbocycles. The van der Waals surface area contributed by atoms with Crippen molar-refractivity contribution in [2.45, 2.75) is 32.6 Å². The van der Waals surface area contributed by atoms with Crippen LogP contribution in [0.25, 0.3) is 0 Å². The first-order chi connectivity index (χ1) is 9.23. The summed E-state index contributed by atoms with van der Waals surface area (Å²) in [6, 6.07) is 0. The van der Waals surface area contributed by atoms with Gasteiger partial charge < -0.3 is 10.1 Å². The average Bonchev–Trinajstić information content (AvgIpc) is 2.47. The van der Waals surface area contributed by atoms with Crippen LogP contribution in [0.2, 0.25) is 0 Å². The Kier molecular flexibility index (Phi) is 4.47. The smallest absolute Gasteiger partial charge is 0.243 e. The number of rotatable bonds is 5. The van der Waals surface area contributed by atoms with Crippen LogP contribution in [0.15, 0.2) is 12.4 Å². The number of carbonyl (C=O) groups is 1. The molecule has 0 bridgehead atoms. The Balaban J connectivity index is 2.33. The van der Waals surface area contributed by atoms with Crippen LogP contribution in [0.1, 0.15) is 43.1 Å². The zero-order valence-electron chi connectivity index (χ0n) is 11.6. The molecule has 5 nitrogen and oxygen atoms in total. The van der Waals surface area contributed by atoms with E-state index in [1.165, 1.54) is 7.11 Å². The summed E-state index contributed by atoms with van der Waals surface area (Å²) in [5.74, 6) is 0.389. The molecular formula is C14H21N3O2. The summed E-state index contributed by atoms with van der Waals surface area (Å²) >= 11 is 0. The highest BCUT2D eigenvalue weighted by Gasteiger charge is 2.41. The first-order valence-electron chi connectivity index (χ1n) is 6.84. The maximum absolute atomic E-state index is 12.9. The molecule has 0 aliphatic carbocycles. The molecule has 1 saturated heterocycles. The second kappa shape index (κ2) is 6.10. The van der Waals surface area contributed by atoms with Crippen molar-refractivity contribution in [3.63, 3.8) is 0 Å².